The molecule has 0 unspecified atom stereocenters. The Hall–Kier alpha value is -2.84. The number of Topliss-reactive ketones (excluding diaryl/α,β-unsaturated/α-hetero) is 1. The zero-order valence-corrected chi connectivity index (χ0v) is 37.3. The van der Waals surface area contributed by atoms with Gasteiger partial charge in [0.05, 0.1) is 0 Å². The van der Waals surface area contributed by atoms with Crippen molar-refractivity contribution in [3.8, 4) is 0 Å². The van der Waals surface area contributed by atoms with Gasteiger partial charge >= 0.3 is 243 Å². The number of rotatable bonds is 24. The van der Waals surface area contributed by atoms with Crippen molar-refractivity contribution in [2.75, 3.05) is 12.8 Å². The molecule has 3 aromatic rings. The average molecular weight is 826 g/mol. The van der Waals surface area contributed by atoms with Crippen LogP contribution in [0.1, 0.15) is 131 Å². The molecule has 0 heterocycles. The van der Waals surface area contributed by atoms with Crippen LogP contribution in [0.2, 0.25) is 0 Å². The number of hydrogen-bond donors (Lipinski definition) is 0. The molecule has 0 saturated carbocycles. The first-order valence-electron chi connectivity index (χ1n) is 21.4. The van der Waals surface area contributed by atoms with Gasteiger partial charge in [0.2, 0.25) is 0 Å². The summed E-state index contributed by atoms with van der Waals surface area (Å²) in [6, 6.07) is 32.8. The Morgan fingerprint density at radius 2 is 1.18 bits per heavy atom. The number of ether oxygens (including phenoxy) is 1. The summed E-state index contributed by atoms with van der Waals surface area (Å²) in [7, 11) is 0. The molecular weight excluding hydrogens is 755 g/mol. The fraction of sp³-hybridized carbons (Fsp3) is 0.471. The fourth-order valence-corrected chi connectivity index (χ4v) is 15.3. The standard InChI is InChI=1S/C51H70BrO2P/c1-6-7-8-9-10-11-12-13-14-15-16-17-18-19-20-30-40-54-49-42-51(4,5)48(44(3)50(49)53)38-37-43(2)39-41-55(52,45-31-24-21-25-32-45,46-33-26-22-27-34-46)47-35-28-23-29-36-47/h13-14,21-29,31-39,49H,6-12,15-20,30,40-42H2,1-5H3/b14-13-,38-37?,43-39?/t49-/m0/s1. The molecule has 0 aromatic heterocycles. The quantitative estimate of drug-likeness (QED) is 0.0389. The van der Waals surface area contributed by atoms with E-state index in [1.807, 2.05) is 6.92 Å². The third-order valence-corrected chi connectivity index (χ3v) is 21.2. The number of benzene rings is 3. The van der Waals surface area contributed by atoms with Crippen molar-refractivity contribution in [3.63, 3.8) is 0 Å². The van der Waals surface area contributed by atoms with E-state index in [9.17, 15) is 4.79 Å². The van der Waals surface area contributed by atoms with Gasteiger partial charge in [-0.15, -0.1) is 0 Å². The molecule has 0 amide bonds. The number of halogens is 1. The minimum atomic E-state index is -3.06. The van der Waals surface area contributed by atoms with Crippen LogP contribution in [0.25, 0.3) is 0 Å². The summed E-state index contributed by atoms with van der Waals surface area (Å²) in [6.45, 7) is 11.6. The molecule has 1 aliphatic rings. The van der Waals surface area contributed by atoms with Crippen LogP contribution in [-0.2, 0) is 9.53 Å². The van der Waals surface area contributed by atoms with Gasteiger partial charge in [-0.05, 0) is 25.7 Å². The first-order valence-corrected chi connectivity index (χ1v) is 25.8. The number of ketones is 1. The molecule has 0 fully saturated rings. The molecule has 0 N–H and O–H groups in total. The molecule has 298 valence electrons. The molecule has 0 radical (unpaired) electrons. The van der Waals surface area contributed by atoms with Crippen molar-refractivity contribution in [1.29, 1.82) is 0 Å². The Bertz CT molecular complexity index is 1600. The number of carbonyl (C=O) groups excluding carboxylic acids is 1. The van der Waals surface area contributed by atoms with Crippen LogP contribution >= 0.6 is 20.8 Å². The summed E-state index contributed by atoms with van der Waals surface area (Å²) < 4.78 is 6.28. The van der Waals surface area contributed by atoms with Crippen LogP contribution in [0.15, 0.2) is 138 Å². The molecule has 2 nitrogen and oxygen atoms in total. The number of carbonyl (C=O) groups is 1. The van der Waals surface area contributed by atoms with E-state index in [4.69, 9.17) is 4.74 Å². The van der Waals surface area contributed by atoms with Gasteiger partial charge in [0.15, 0.2) is 0 Å². The normalized spacial score (nSPS) is 17.3. The third-order valence-electron chi connectivity index (χ3n) is 11.6. The second-order valence-corrected chi connectivity index (χ2v) is 25.4. The van der Waals surface area contributed by atoms with E-state index in [1.54, 1.807) is 0 Å². The van der Waals surface area contributed by atoms with Gasteiger partial charge in [0.25, 0.3) is 0 Å². The Kier molecular flexibility index (Phi) is 18.6. The second-order valence-electron chi connectivity index (χ2n) is 16.4. The molecular formula is C51H70BrO2P. The molecule has 4 rings (SSSR count). The van der Waals surface area contributed by atoms with Crippen LogP contribution in [0.4, 0.5) is 0 Å². The number of allylic oxidation sites excluding steroid dienone is 7. The maximum absolute atomic E-state index is 13.6. The van der Waals surface area contributed by atoms with E-state index >= 15 is 0 Å². The van der Waals surface area contributed by atoms with E-state index in [2.05, 4.69) is 165 Å². The molecule has 1 atom stereocenters. The van der Waals surface area contributed by atoms with E-state index in [0.29, 0.717) is 13.0 Å². The topological polar surface area (TPSA) is 26.3 Å². The predicted octanol–water partition coefficient (Wildman–Crippen LogP) is 14.1. The molecule has 0 saturated heterocycles. The van der Waals surface area contributed by atoms with Gasteiger partial charge in [-0.25, -0.2) is 0 Å². The average Bonchev–Trinajstić information content (AvgIpc) is 3.20. The summed E-state index contributed by atoms with van der Waals surface area (Å²) in [5.41, 5.74) is 2.98. The molecule has 0 aliphatic heterocycles. The number of hydrogen-bond acceptors (Lipinski definition) is 2. The molecule has 55 heavy (non-hydrogen) atoms. The Morgan fingerprint density at radius 1 is 0.727 bits per heavy atom. The van der Waals surface area contributed by atoms with Crippen LogP contribution < -0.4 is 15.9 Å². The van der Waals surface area contributed by atoms with Crippen LogP contribution in [0.3, 0.4) is 0 Å². The van der Waals surface area contributed by atoms with Crippen molar-refractivity contribution in [1.82, 2.24) is 0 Å². The van der Waals surface area contributed by atoms with Crippen LogP contribution in [-0.4, -0.2) is 24.7 Å². The van der Waals surface area contributed by atoms with Gasteiger partial charge in [0, 0.05) is 0 Å². The zero-order valence-electron chi connectivity index (χ0n) is 34.8. The van der Waals surface area contributed by atoms with Gasteiger partial charge in [0.1, 0.15) is 0 Å². The summed E-state index contributed by atoms with van der Waals surface area (Å²) in [4.78, 5) is 13.6. The second kappa shape index (κ2) is 22.8. The van der Waals surface area contributed by atoms with Gasteiger partial charge < -0.3 is 0 Å². The van der Waals surface area contributed by atoms with Gasteiger partial charge in [-0.1, -0.05) is 76.9 Å². The maximum atomic E-state index is 13.6. The van der Waals surface area contributed by atoms with Crippen molar-refractivity contribution in [2.24, 2.45) is 5.41 Å². The minimum absolute atomic E-state index is 0.146. The third kappa shape index (κ3) is 12.6. The van der Waals surface area contributed by atoms with Crippen molar-refractivity contribution < 1.29 is 9.53 Å². The van der Waals surface area contributed by atoms with Crippen molar-refractivity contribution in [2.45, 2.75) is 137 Å². The summed E-state index contributed by atoms with van der Waals surface area (Å²) in [6.07, 6.45) is 30.8. The Morgan fingerprint density at radius 3 is 1.67 bits per heavy atom. The molecule has 1 aliphatic carbocycles. The first kappa shape index (κ1) is 44.9. The molecule has 3 aromatic carbocycles. The SMILES string of the molecule is CCCCCCCC/C=C\CCCCCCCCO[C@H]1CC(C)(C)C(C=CC(C)=CCP(Br)(c2ccccc2)(c2ccccc2)c2ccccc2)=C(C)C1=O. The first-order chi connectivity index (χ1) is 26.6. The van der Waals surface area contributed by atoms with E-state index in [1.165, 1.54) is 105 Å². The monoisotopic (exact) mass is 824 g/mol. The zero-order chi connectivity index (χ0) is 39.4. The van der Waals surface area contributed by atoms with E-state index in [0.717, 1.165) is 23.7 Å². The van der Waals surface area contributed by atoms with Crippen molar-refractivity contribution >= 4 is 42.5 Å². The summed E-state index contributed by atoms with van der Waals surface area (Å²) in [5, 5.41) is 0.856. The van der Waals surface area contributed by atoms with Gasteiger partial charge in [-0.3, -0.25) is 0 Å². The fourth-order valence-electron chi connectivity index (χ4n) is 8.19. The summed E-state index contributed by atoms with van der Waals surface area (Å²) in [5.74, 6) is 0.146. The Balaban J connectivity index is 1.30. The molecule has 4 heteroatoms. The summed E-state index contributed by atoms with van der Waals surface area (Å²) >= 11 is 4.57. The van der Waals surface area contributed by atoms with E-state index in [-0.39, 0.29) is 17.3 Å². The van der Waals surface area contributed by atoms with Crippen LogP contribution in [0.5, 0.6) is 0 Å². The molecule has 0 spiro atoms. The molecule has 0 bridgehead atoms. The Labute approximate surface area is 343 Å². The predicted molar refractivity (Wildman–Crippen MR) is 247 cm³/mol. The van der Waals surface area contributed by atoms with Gasteiger partial charge in [-0.2, -0.15) is 0 Å². The van der Waals surface area contributed by atoms with Crippen LogP contribution in [0, 0.1) is 5.41 Å². The van der Waals surface area contributed by atoms with E-state index < -0.39 is 5.31 Å². The van der Waals surface area contributed by atoms with Crippen molar-refractivity contribution in [3.05, 3.63) is 138 Å². The number of unbranched alkanes of at least 4 members (excludes halogenated alkanes) is 12.